The zero-order valence-corrected chi connectivity index (χ0v) is 11.0. The first kappa shape index (κ1) is 13.8. The molecule has 1 atom stereocenters. The molecule has 0 saturated carbocycles. The molecule has 0 aliphatic rings. The van der Waals surface area contributed by atoms with Crippen LogP contribution < -0.4 is 5.32 Å². The maximum atomic E-state index is 12.1. The summed E-state index contributed by atoms with van der Waals surface area (Å²) in [5.74, 6) is -1.48. The third-order valence-corrected chi connectivity index (χ3v) is 3.06. The predicted octanol–water partition coefficient (Wildman–Crippen LogP) is 2.55. The highest BCUT2D eigenvalue weighted by Gasteiger charge is 2.23. The van der Waals surface area contributed by atoms with E-state index in [1.807, 2.05) is 19.1 Å². The van der Waals surface area contributed by atoms with E-state index < -0.39 is 17.9 Å². The van der Waals surface area contributed by atoms with Crippen LogP contribution in [0.1, 0.15) is 27.5 Å². The van der Waals surface area contributed by atoms with Gasteiger partial charge in [-0.25, -0.2) is 4.79 Å². The van der Waals surface area contributed by atoms with Gasteiger partial charge in [0.15, 0.2) is 6.04 Å². The number of carbonyl (C=O) groups excluding carboxylic acids is 1. The molecule has 0 saturated heterocycles. The zero-order valence-electron chi connectivity index (χ0n) is 11.0. The Morgan fingerprint density at radius 1 is 1.00 bits per heavy atom. The van der Waals surface area contributed by atoms with Crippen LogP contribution in [0.4, 0.5) is 0 Å². The second-order valence-electron chi connectivity index (χ2n) is 4.47. The van der Waals surface area contributed by atoms with Gasteiger partial charge in [0.2, 0.25) is 0 Å². The summed E-state index contributed by atoms with van der Waals surface area (Å²) in [5, 5.41) is 11.9. The van der Waals surface area contributed by atoms with Crippen LogP contribution in [0.2, 0.25) is 0 Å². The maximum Gasteiger partial charge on any atom is 0.330 e. The average molecular weight is 269 g/mol. The zero-order chi connectivity index (χ0) is 14.5. The molecule has 0 fully saturated rings. The van der Waals surface area contributed by atoms with Gasteiger partial charge in [-0.2, -0.15) is 0 Å². The van der Waals surface area contributed by atoms with Crippen LogP contribution >= 0.6 is 0 Å². The van der Waals surface area contributed by atoms with E-state index >= 15 is 0 Å². The number of hydrogen-bond acceptors (Lipinski definition) is 2. The molecule has 2 aromatic carbocycles. The number of aliphatic carboxylic acids is 1. The van der Waals surface area contributed by atoms with Crippen LogP contribution in [0, 0.1) is 6.92 Å². The highest BCUT2D eigenvalue weighted by atomic mass is 16.4. The van der Waals surface area contributed by atoms with Gasteiger partial charge in [0.05, 0.1) is 0 Å². The SMILES string of the molecule is Cc1ccccc1C(NC(=O)c1ccccc1)C(=O)O. The van der Waals surface area contributed by atoms with Gasteiger partial charge in [0, 0.05) is 5.56 Å². The lowest BCUT2D eigenvalue weighted by molar-refractivity contribution is -0.139. The molecule has 102 valence electrons. The summed E-state index contributed by atoms with van der Waals surface area (Å²) < 4.78 is 0. The molecule has 2 N–H and O–H groups in total. The molecule has 0 bridgehead atoms. The topological polar surface area (TPSA) is 66.4 Å². The number of aryl methyl sites for hydroxylation is 1. The maximum absolute atomic E-state index is 12.1. The van der Waals surface area contributed by atoms with Gasteiger partial charge in [-0.05, 0) is 30.2 Å². The third kappa shape index (κ3) is 3.03. The van der Waals surface area contributed by atoms with Crippen molar-refractivity contribution in [2.45, 2.75) is 13.0 Å². The van der Waals surface area contributed by atoms with Crippen molar-refractivity contribution in [3.63, 3.8) is 0 Å². The Kier molecular flexibility index (Phi) is 4.15. The predicted molar refractivity (Wildman–Crippen MR) is 75.5 cm³/mol. The molecule has 4 nitrogen and oxygen atoms in total. The summed E-state index contributed by atoms with van der Waals surface area (Å²) in [6, 6.07) is 14.6. The Bertz CT molecular complexity index is 623. The average Bonchev–Trinajstić information content (AvgIpc) is 2.46. The fourth-order valence-electron chi connectivity index (χ4n) is 1.99. The molecule has 0 radical (unpaired) electrons. The first-order chi connectivity index (χ1) is 9.59. The largest absolute Gasteiger partial charge is 0.479 e. The second-order valence-corrected chi connectivity index (χ2v) is 4.47. The number of rotatable bonds is 4. The molecule has 2 aromatic rings. The van der Waals surface area contributed by atoms with Crippen molar-refractivity contribution in [2.24, 2.45) is 0 Å². The third-order valence-electron chi connectivity index (χ3n) is 3.06. The molecular weight excluding hydrogens is 254 g/mol. The quantitative estimate of drug-likeness (QED) is 0.896. The van der Waals surface area contributed by atoms with Gasteiger partial charge >= 0.3 is 5.97 Å². The molecule has 4 heteroatoms. The van der Waals surface area contributed by atoms with Gasteiger partial charge in [0.1, 0.15) is 0 Å². The van der Waals surface area contributed by atoms with Crippen LogP contribution in [0.5, 0.6) is 0 Å². The summed E-state index contributed by atoms with van der Waals surface area (Å²) in [6.45, 7) is 1.82. The Balaban J connectivity index is 2.26. The van der Waals surface area contributed by atoms with Gasteiger partial charge < -0.3 is 10.4 Å². The van der Waals surface area contributed by atoms with Crippen molar-refractivity contribution in [1.29, 1.82) is 0 Å². The van der Waals surface area contributed by atoms with Crippen LogP contribution in [0.3, 0.4) is 0 Å². The van der Waals surface area contributed by atoms with E-state index in [4.69, 9.17) is 0 Å². The van der Waals surface area contributed by atoms with Gasteiger partial charge in [0.25, 0.3) is 5.91 Å². The van der Waals surface area contributed by atoms with Crippen molar-refractivity contribution in [2.75, 3.05) is 0 Å². The summed E-state index contributed by atoms with van der Waals surface area (Å²) in [4.78, 5) is 23.5. The molecule has 2 rings (SSSR count). The fraction of sp³-hybridized carbons (Fsp3) is 0.125. The van der Waals surface area contributed by atoms with Crippen molar-refractivity contribution < 1.29 is 14.7 Å². The Morgan fingerprint density at radius 3 is 2.20 bits per heavy atom. The Hall–Kier alpha value is -2.62. The second kappa shape index (κ2) is 6.02. The van der Waals surface area contributed by atoms with Crippen LogP contribution in [0.15, 0.2) is 54.6 Å². The molecule has 0 spiro atoms. The molecule has 0 heterocycles. The van der Waals surface area contributed by atoms with Gasteiger partial charge in [-0.3, -0.25) is 4.79 Å². The van der Waals surface area contributed by atoms with Crippen LogP contribution in [0.25, 0.3) is 0 Å². The minimum atomic E-state index is -1.08. The Morgan fingerprint density at radius 2 is 1.60 bits per heavy atom. The number of nitrogens with one attached hydrogen (secondary N) is 1. The molecule has 0 aromatic heterocycles. The minimum absolute atomic E-state index is 0.402. The molecule has 1 unspecified atom stereocenters. The number of benzene rings is 2. The molecule has 0 aliphatic carbocycles. The van der Waals surface area contributed by atoms with E-state index in [1.165, 1.54) is 0 Å². The van der Waals surface area contributed by atoms with Gasteiger partial charge in [-0.1, -0.05) is 42.5 Å². The molecular formula is C16H15NO3. The fourth-order valence-corrected chi connectivity index (χ4v) is 1.99. The summed E-state index contributed by atoms with van der Waals surface area (Å²) >= 11 is 0. The van der Waals surface area contributed by atoms with E-state index in [0.29, 0.717) is 11.1 Å². The molecule has 20 heavy (non-hydrogen) atoms. The summed E-state index contributed by atoms with van der Waals surface area (Å²) in [6.07, 6.45) is 0. The first-order valence-corrected chi connectivity index (χ1v) is 6.24. The van der Waals surface area contributed by atoms with Crippen molar-refractivity contribution in [3.8, 4) is 0 Å². The number of amides is 1. The lowest BCUT2D eigenvalue weighted by atomic mass is 10.0. The van der Waals surface area contributed by atoms with Crippen LogP contribution in [-0.2, 0) is 4.79 Å². The van der Waals surface area contributed by atoms with Crippen molar-refractivity contribution in [1.82, 2.24) is 5.32 Å². The summed E-state index contributed by atoms with van der Waals surface area (Å²) in [5.41, 5.74) is 1.85. The lowest BCUT2D eigenvalue weighted by Crippen LogP contribution is -2.34. The molecule has 1 amide bonds. The molecule has 0 aliphatic heterocycles. The number of carbonyl (C=O) groups is 2. The van der Waals surface area contributed by atoms with E-state index in [-0.39, 0.29) is 0 Å². The number of hydrogen-bond donors (Lipinski definition) is 2. The highest BCUT2D eigenvalue weighted by Crippen LogP contribution is 2.18. The normalized spacial score (nSPS) is 11.7. The van der Waals surface area contributed by atoms with E-state index in [9.17, 15) is 14.7 Å². The first-order valence-electron chi connectivity index (χ1n) is 6.24. The Labute approximate surface area is 117 Å². The smallest absolute Gasteiger partial charge is 0.330 e. The minimum Gasteiger partial charge on any atom is -0.479 e. The lowest BCUT2D eigenvalue weighted by Gasteiger charge is -2.17. The van der Waals surface area contributed by atoms with Crippen molar-refractivity contribution >= 4 is 11.9 Å². The van der Waals surface area contributed by atoms with E-state index in [0.717, 1.165) is 5.56 Å². The number of carboxylic acids is 1. The van der Waals surface area contributed by atoms with Gasteiger partial charge in [-0.15, -0.1) is 0 Å². The standard InChI is InChI=1S/C16H15NO3/c1-11-7-5-6-10-13(11)14(16(19)20)17-15(18)12-8-3-2-4-9-12/h2-10,14H,1H3,(H,17,18)(H,19,20). The monoisotopic (exact) mass is 269 g/mol. The summed E-state index contributed by atoms with van der Waals surface area (Å²) in [7, 11) is 0. The van der Waals surface area contributed by atoms with E-state index in [2.05, 4.69) is 5.32 Å². The van der Waals surface area contributed by atoms with Crippen molar-refractivity contribution in [3.05, 3.63) is 71.3 Å². The highest BCUT2D eigenvalue weighted by molar-refractivity contribution is 5.96. The van der Waals surface area contributed by atoms with Crippen LogP contribution in [-0.4, -0.2) is 17.0 Å². The number of carboxylic acid groups (broad SMARTS) is 1. The van der Waals surface area contributed by atoms with E-state index in [1.54, 1.807) is 42.5 Å².